The lowest BCUT2D eigenvalue weighted by molar-refractivity contribution is -0.117. The van der Waals surface area contributed by atoms with Gasteiger partial charge in [-0.25, -0.2) is 0 Å². The van der Waals surface area contributed by atoms with Crippen LogP contribution >= 0.6 is 11.3 Å². The molecule has 2 N–H and O–H groups in total. The van der Waals surface area contributed by atoms with Crippen molar-refractivity contribution in [3.05, 3.63) is 52.2 Å². The standard InChI is InChI=1S/C21H26N4O3S/c1-24(2)21(28)15-5-7-16(8-6-15)22-19(26)14-25-11-9-17(10-12-25)23-20(27)18-4-3-13-29-18/h3-8,13,17H,9-12,14H2,1-2H3,(H,22,26)(H,23,27). The zero-order valence-electron chi connectivity index (χ0n) is 16.7. The Morgan fingerprint density at radius 3 is 2.38 bits per heavy atom. The summed E-state index contributed by atoms with van der Waals surface area (Å²) in [6.07, 6.45) is 1.65. The maximum atomic E-state index is 12.3. The van der Waals surface area contributed by atoms with Gasteiger partial charge in [0.2, 0.25) is 5.91 Å². The van der Waals surface area contributed by atoms with Gasteiger partial charge in [0, 0.05) is 44.5 Å². The van der Waals surface area contributed by atoms with Crippen molar-refractivity contribution in [2.75, 3.05) is 39.0 Å². The molecule has 154 valence electrons. The molecule has 7 nitrogen and oxygen atoms in total. The van der Waals surface area contributed by atoms with E-state index in [0.717, 1.165) is 30.8 Å². The zero-order chi connectivity index (χ0) is 20.8. The van der Waals surface area contributed by atoms with E-state index >= 15 is 0 Å². The van der Waals surface area contributed by atoms with Crippen molar-refractivity contribution in [3.63, 3.8) is 0 Å². The van der Waals surface area contributed by atoms with Crippen molar-refractivity contribution in [2.45, 2.75) is 18.9 Å². The Balaban J connectivity index is 1.41. The molecular formula is C21H26N4O3S. The number of carbonyl (C=O) groups is 3. The number of rotatable bonds is 6. The molecule has 1 saturated heterocycles. The second kappa shape index (κ2) is 9.67. The fourth-order valence-electron chi connectivity index (χ4n) is 3.26. The SMILES string of the molecule is CN(C)C(=O)c1ccc(NC(=O)CN2CCC(NC(=O)c3cccs3)CC2)cc1. The van der Waals surface area contributed by atoms with Crippen LogP contribution in [0.1, 0.15) is 32.9 Å². The lowest BCUT2D eigenvalue weighted by atomic mass is 10.0. The molecule has 3 amide bonds. The Morgan fingerprint density at radius 1 is 1.10 bits per heavy atom. The van der Waals surface area contributed by atoms with E-state index in [1.165, 1.54) is 16.2 Å². The molecule has 1 fully saturated rings. The minimum atomic E-state index is -0.0854. The average Bonchev–Trinajstić information content (AvgIpc) is 3.24. The topological polar surface area (TPSA) is 81.8 Å². The smallest absolute Gasteiger partial charge is 0.261 e. The third kappa shape index (κ3) is 5.88. The third-order valence-corrected chi connectivity index (χ3v) is 5.73. The second-order valence-electron chi connectivity index (χ2n) is 7.33. The number of benzene rings is 1. The lowest BCUT2D eigenvalue weighted by Crippen LogP contribution is -2.46. The Morgan fingerprint density at radius 2 is 1.79 bits per heavy atom. The van der Waals surface area contributed by atoms with Crippen LogP contribution in [0.15, 0.2) is 41.8 Å². The van der Waals surface area contributed by atoms with Crippen LogP contribution in [0, 0.1) is 0 Å². The Bertz CT molecular complexity index is 841. The van der Waals surface area contributed by atoms with Gasteiger partial charge in [-0.15, -0.1) is 11.3 Å². The van der Waals surface area contributed by atoms with Crippen LogP contribution in [0.4, 0.5) is 5.69 Å². The number of thiophene rings is 1. The highest BCUT2D eigenvalue weighted by molar-refractivity contribution is 7.12. The summed E-state index contributed by atoms with van der Waals surface area (Å²) in [5, 5.41) is 7.84. The minimum absolute atomic E-state index is 0.0209. The second-order valence-corrected chi connectivity index (χ2v) is 8.27. The molecule has 2 heterocycles. The summed E-state index contributed by atoms with van der Waals surface area (Å²) < 4.78 is 0. The number of hydrogen-bond acceptors (Lipinski definition) is 5. The Labute approximate surface area is 174 Å². The van der Waals surface area contributed by atoms with Crippen LogP contribution in [0.2, 0.25) is 0 Å². The Kier molecular flexibility index (Phi) is 7.00. The van der Waals surface area contributed by atoms with E-state index in [1.807, 2.05) is 17.5 Å². The Hall–Kier alpha value is -2.71. The molecule has 1 aliphatic rings. The van der Waals surface area contributed by atoms with E-state index in [-0.39, 0.29) is 23.8 Å². The fraction of sp³-hybridized carbons (Fsp3) is 0.381. The highest BCUT2D eigenvalue weighted by Gasteiger charge is 2.22. The predicted octanol–water partition coefficient (Wildman–Crippen LogP) is 2.28. The van der Waals surface area contributed by atoms with E-state index < -0.39 is 0 Å². The van der Waals surface area contributed by atoms with E-state index in [4.69, 9.17) is 0 Å². The summed E-state index contributed by atoms with van der Waals surface area (Å²) in [6, 6.07) is 10.7. The van der Waals surface area contributed by atoms with Crippen LogP contribution in [0.5, 0.6) is 0 Å². The molecule has 1 aliphatic heterocycles. The summed E-state index contributed by atoms with van der Waals surface area (Å²) in [4.78, 5) is 40.7. The molecule has 0 unspecified atom stereocenters. The lowest BCUT2D eigenvalue weighted by Gasteiger charge is -2.31. The summed E-state index contributed by atoms with van der Waals surface area (Å²) in [5.74, 6) is -0.179. The van der Waals surface area contributed by atoms with Gasteiger partial charge in [0.05, 0.1) is 11.4 Å². The van der Waals surface area contributed by atoms with Gasteiger partial charge >= 0.3 is 0 Å². The van der Waals surface area contributed by atoms with Crippen molar-refractivity contribution in [1.29, 1.82) is 0 Å². The predicted molar refractivity (Wildman–Crippen MR) is 114 cm³/mol. The number of amides is 3. The molecule has 1 aromatic heterocycles. The van der Waals surface area contributed by atoms with Gasteiger partial charge in [-0.2, -0.15) is 0 Å². The monoisotopic (exact) mass is 414 g/mol. The summed E-state index contributed by atoms with van der Waals surface area (Å²) in [5.41, 5.74) is 1.25. The van der Waals surface area contributed by atoms with Gasteiger partial charge in [0.15, 0.2) is 0 Å². The van der Waals surface area contributed by atoms with E-state index in [1.54, 1.807) is 38.4 Å². The van der Waals surface area contributed by atoms with Crippen LogP contribution < -0.4 is 10.6 Å². The molecule has 1 aromatic carbocycles. The number of likely N-dealkylation sites (tertiary alicyclic amines) is 1. The number of nitrogens with one attached hydrogen (secondary N) is 2. The van der Waals surface area contributed by atoms with Crippen LogP contribution in [0.25, 0.3) is 0 Å². The molecular weight excluding hydrogens is 388 g/mol. The molecule has 0 bridgehead atoms. The molecule has 0 radical (unpaired) electrons. The average molecular weight is 415 g/mol. The third-order valence-electron chi connectivity index (χ3n) is 4.86. The van der Waals surface area contributed by atoms with E-state index in [2.05, 4.69) is 15.5 Å². The molecule has 0 aliphatic carbocycles. The van der Waals surface area contributed by atoms with Gasteiger partial charge in [-0.1, -0.05) is 6.07 Å². The summed E-state index contributed by atoms with van der Waals surface area (Å²) in [6.45, 7) is 1.84. The molecule has 0 spiro atoms. The number of hydrogen-bond donors (Lipinski definition) is 2. The van der Waals surface area contributed by atoms with Crippen LogP contribution in [0.3, 0.4) is 0 Å². The van der Waals surface area contributed by atoms with Crippen molar-refractivity contribution in [3.8, 4) is 0 Å². The molecule has 0 saturated carbocycles. The first-order chi connectivity index (χ1) is 13.9. The van der Waals surface area contributed by atoms with Gasteiger partial charge in [-0.05, 0) is 48.6 Å². The van der Waals surface area contributed by atoms with Crippen LogP contribution in [-0.4, -0.2) is 67.3 Å². The highest BCUT2D eigenvalue weighted by Crippen LogP contribution is 2.14. The zero-order valence-corrected chi connectivity index (χ0v) is 17.5. The van der Waals surface area contributed by atoms with Crippen molar-refractivity contribution >= 4 is 34.7 Å². The summed E-state index contributed by atoms with van der Waals surface area (Å²) >= 11 is 1.44. The van der Waals surface area contributed by atoms with Crippen molar-refractivity contribution in [1.82, 2.24) is 15.1 Å². The minimum Gasteiger partial charge on any atom is -0.349 e. The number of nitrogens with zero attached hydrogens (tertiary/aromatic N) is 2. The fourth-order valence-corrected chi connectivity index (χ4v) is 3.88. The normalized spacial score (nSPS) is 15.0. The van der Waals surface area contributed by atoms with Gasteiger partial charge < -0.3 is 15.5 Å². The van der Waals surface area contributed by atoms with Gasteiger partial charge in [-0.3, -0.25) is 19.3 Å². The van der Waals surface area contributed by atoms with Crippen molar-refractivity contribution < 1.29 is 14.4 Å². The van der Waals surface area contributed by atoms with Crippen molar-refractivity contribution in [2.24, 2.45) is 0 Å². The molecule has 3 rings (SSSR count). The number of piperidine rings is 1. The first-order valence-electron chi connectivity index (χ1n) is 9.60. The maximum Gasteiger partial charge on any atom is 0.261 e. The van der Waals surface area contributed by atoms with Crippen LogP contribution in [-0.2, 0) is 4.79 Å². The highest BCUT2D eigenvalue weighted by atomic mass is 32.1. The first-order valence-corrected chi connectivity index (χ1v) is 10.5. The summed E-state index contributed by atoms with van der Waals surface area (Å²) in [7, 11) is 3.41. The number of anilines is 1. The molecule has 0 atom stereocenters. The quantitative estimate of drug-likeness (QED) is 0.760. The van der Waals surface area contributed by atoms with E-state index in [9.17, 15) is 14.4 Å². The first kappa shape index (κ1) is 21.0. The largest absolute Gasteiger partial charge is 0.349 e. The number of carbonyl (C=O) groups excluding carboxylic acids is 3. The van der Waals surface area contributed by atoms with Gasteiger partial charge in [0.1, 0.15) is 0 Å². The van der Waals surface area contributed by atoms with Gasteiger partial charge in [0.25, 0.3) is 11.8 Å². The maximum absolute atomic E-state index is 12.3. The van der Waals surface area contributed by atoms with E-state index in [0.29, 0.717) is 17.8 Å². The molecule has 29 heavy (non-hydrogen) atoms. The molecule has 2 aromatic rings. The molecule has 8 heteroatoms.